The fourth-order valence-electron chi connectivity index (χ4n) is 1.53. The molecule has 1 N–H and O–H groups in total. The molecule has 0 unspecified atom stereocenters. The number of hydrogen-bond donors (Lipinski definition) is 1. The van der Waals surface area contributed by atoms with Gasteiger partial charge in [0.15, 0.2) is 0 Å². The van der Waals surface area contributed by atoms with E-state index in [9.17, 15) is 0 Å². The highest BCUT2D eigenvalue weighted by molar-refractivity contribution is 6.30. The number of benzene rings is 1. The van der Waals surface area contributed by atoms with Crippen molar-refractivity contribution in [3.8, 4) is 0 Å². The average Bonchev–Trinajstić information content (AvgIpc) is 2.77. The fraction of sp³-hybridized carbons (Fsp3) is 0.333. The van der Waals surface area contributed by atoms with Crippen molar-refractivity contribution in [3.05, 3.63) is 46.7 Å². The van der Waals surface area contributed by atoms with Gasteiger partial charge in [-0.15, -0.1) is 5.10 Å². The van der Waals surface area contributed by atoms with Crippen LogP contribution in [-0.4, -0.2) is 21.5 Å². The normalized spacial score (nSPS) is 10.7. The Morgan fingerprint density at radius 3 is 2.76 bits per heavy atom. The molecule has 1 aromatic carbocycles. The first-order chi connectivity index (χ1) is 8.28. The monoisotopic (exact) mass is 250 g/mol. The van der Waals surface area contributed by atoms with Crippen molar-refractivity contribution in [2.24, 2.45) is 0 Å². The number of rotatable bonds is 5. The van der Waals surface area contributed by atoms with Crippen LogP contribution in [0.5, 0.6) is 0 Å². The van der Waals surface area contributed by atoms with Crippen LogP contribution in [0.1, 0.15) is 18.2 Å². The van der Waals surface area contributed by atoms with Crippen LogP contribution in [0.3, 0.4) is 0 Å². The molecule has 5 heteroatoms. The van der Waals surface area contributed by atoms with Gasteiger partial charge in [-0.05, 0) is 24.2 Å². The summed E-state index contributed by atoms with van der Waals surface area (Å²) in [5.41, 5.74) is 2.12. The highest BCUT2D eigenvalue weighted by Crippen LogP contribution is 2.10. The van der Waals surface area contributed by atoms with Crippen molar-refractivity contribution >= 4 is 11.6 Å². The summed E-state index contributed by atoms with van der Waals surface area (Å²) in [6.45, 7) is 4.48. The van der Waals surface area contributed by atoms with E-state index in [4.69, 9.17) is 11.6 Å². The Bertz CT molecular complexity index is 464. The van der Waals surface area contributed by atoms with Crippen LogP contribution in [0.25, 0.3) is 0 Å². The Morgan fingerprint density at radius 2 is 2.06 bits per heavy atom. The summed E-state index contributed by atoms with van der Waals surface area (Å²) >= 11 is 5.83. The fourth-order valence-corrected chi connectivity index (χ4v) is 1.65. The van der Waals surface area contributed by atoms with Crippen molar-refractivity contribution in [3.63, 3.8) is 0 Å². The minimum absolute atomic E-state index is 0.719. The van der Waals surface area contributed by atoms with Gasteiger partial charge in [-0.25, -0.2) is 4.68 Å². The lowest BCUT2D eigenvalue weighted by Gasteiger charge is -2.00. The Kier molecular flexibility index (Phi) is 4.12. The molecule has 2 rings (SSSR count). The molecule has 0 spiro atoms. The predicted molar refractivity (Wildman–Crippen MR) is 68.0 cm³/mol. The molecule has 1 heterocycles. The van der Waals surface area contributed by atoms with E-state index in [1.807, 2.05) is 35.1 Å². The van der Waals surface area contributed by atoms with E-state index >= 15 is 0 Å². The van der Waals surface area contributed by atoms with Crippen LogP contribution >= 0.6 is 11.6 Å². The van der Waals surface area contributed by atoms with E-state index in [1.165, 1.54) is 0 Å². The standard InChI is InChI=1S/C12H15ClN4/c1-2-14-7-12-9-17(16-15-12)8-10-3-5-11(13)6-4-10/h3-6,9,14H,2,7-8H2,1H3. The zero-order valence-corrected chi connectivity index (χ0v) is 10.5. The van der Waals surface area contributed by atoms with Gasteiger partial charge in [0.1, 0.15) is 0 Å². The Morgan fingerprint density at radius 1 is 1.29 bits per heavy atom. The quantitative estimate of drug-likeness (QED) is 0.884. The van der Waals surface area contributed by atoms with Gasteiger partial charge in [0.05, 0.1) is 18.4 Å². The van der Waals surface area contributed by atoms with Crippen LogP contribution < -0.4 is 5.32 Å². The minimum atomic E-state index is 0.719. The third-order valence-electron chi connectivity index (χ3n) is 2.40. The summed E-state index contributed by atoms with van der Waals surface area (Å²) < 4.78 is 1.83. The van der Waals surface area contributed by atoms with Gasteiger partial charge in [0.2, 0.25) is 0 Å². The first-order valence-corrected chi connectivity index (χ1v) is 6.00. The first kappa shape index (κ1) is 12.1. The first-order valence-electron chi connectivity index (χ1n) is 5.62. The molecule has 0 aliphatic carbocycles. The summed E-state index contributed by atoms with van der Waals surface area (Å²) in [6.07, 6.45) is 1.96. The lowest BCUT2D eigenvalue weighted by molar-refractivity contribution is 0.648. The molecule has 17 heavy (non-hydrogen) atoms. The maximum atomic E-state index is 5.83. The van der Waals surface area contributed by atoms with E-state index in [0.717, 1.165) is 35.9 Å². The van der Waals surface area contributed by atoms with Crippen molar-refractivity contribution in [2.45, 2.75) is 20.0 Å². The maximum absolute atomic E-state index is 5.83. The number of hydrogen-bond acceptors (Lipinski definition) is 3. The lowest BCUT2D eigenvalue weighted by atomic mass is 10.2. The van der Waals surface area contributed by atoms with E-state index < -0.39 is 0 Å². The van der Waals surface area contributed by atoms with E-state index in [-0.39, 0.29) is 0 Å². The third kappa shape index (κ3) is 3.54. The molecule has 0 saturated carbocycles. The third-order valence-corrected chi connectivity index (χ3v) is 2.65. The average molecular weight is 251 g/mol. The molecule has 4 nitrogen and oxygen atoms in total. The molecule has 0 atom stereocenters. The zero-order chi connectivity index (χ0) is 12.1. The molecule has 0 amide bonds. The van der Waals surface area contributed by atoms with Gasteiger partial charge < -0.3 is 5.32 Å². The van der Waals surface area contributed by atoms with Crippen molar-refractivity contribution in [2.75, 3.05) is 6.54 Å². The van der Waals surface area contributed by atoms with Crippen molar-refractivity contribution < 1.29 is 0 Å². The molecule has 0 saturated heterocycles. The van der Waals surface area contributed by atoms with Gasteiger partial charge in [-0.1, -0.05) is 35.9 Å². The predicted octanol–water partition coefficient (Wildman–Crippen LogP) is 2.09. The van der Waals surface area contributed by atoms with Gasteiger partial charge in [-0.2, -0.15) is 0 Å². The molecular weight excluding hydrogens is 236 g/mol. The Balaban J connectivity index is 1.98. The summed E-state index contributed by atoms with van der Waals surface area (Å²) in [6, 6.07) is 7.75. The Hall–Kier alpha value is -1.39. The summed E-state index contributed by atoms with van der Waals surface area (Å²) in [5, 5.41) is 12.1. The van der Waals surface area contributed by atoms with Gasteiger partial charge in [0.25, 0.3) is 0 Å². The molecule has 1 aromatic heterocycles. The van der Waals surface area contributed by atoms with Gasteiger partial charge in [-0.3, -0.25) is 0 Å². The highest BCUT2D eigenvalue weighted by Gasteiger charge is 2.00. The second-order valence-corrected chi connectivity index (χ2v) is 4.25. The van der Waals surface area contributed by atoms with Crippen LogP contribution in [0, 0.1) is 0 Å². The van der Waals surface area contributed by atoms with Gasteiger partial charge >= 0.3 is 0 Å². The van der Waals surface area contributed by atoms with Crippen molar-refractivity contribution in [1.82, 2.24) is 20.3 Å². The molecular formula is C12H15ClN4. The second kappa shape index (κ2) is 5.80. The molecule has 90 valence electrons. The molecule has 2 aromatic rings. The van der Waals surface area contributed by atoms with Crippen LogP contribution in [0.15, 0.2) is 30.5 Å². The maximum Gasteiger partial charge on any atom is 0.0964 e. The SMILES string of the molecule is CCNCc1cn(Cc2ccc(Cl)cc2)nn1. The Labute approximate surface area is 106 Å². The van der Waals surface area contributed by atoms with Crippen molar-refractivity contribution in [1.29, 1.82) is 0 Å². The molecule has 0 bridgehead atoms. The largest absolute Gasteiger partial charge is 0.311 e. The van der Waals surface area contributed by atoms with E-state index in [0.29, 0.717) is 0 Å². The van der Waals surface area contributed by atoms with Gasteiger partial charge in [0, 0.05) is 11.6 Å². The van der Waals surface area contributed by atoms with E-state index in [2.05, 4.69) is 22.6 Å². The van der Waals surface area contributed by atoms with Crippen LogP contribution in [-0.2, 0) is 13.1 Å². The minimum Gasteiger partial charge on any atom is -0.311 e. The summed E-state index contributed by atoms with van der Waals surface area (Å²) in [4.78, 5) is 0. The number of aromatic nitrogens is 3. The van der Waals surface area contributed by atoms with Crippen LogP contribution in [0.4, 0.5) is 0 Å². The highest BCUT2D eigenvalue weighted by atomic mass is 35.5. The second-order valence-electron chi connectivity index (χ2n) is 3.81. The molecule has 0 aliphatic rings. The summed E-state index contributed by atoms with van der Waals surface area (Å²) in [5.74, 6) is 0. The molecule has 0 fully saturated rings. The smallest absolute Gasteiger partial charge is 0.0964 e. The topological polar surface area (TPSA) is 42.7 Å². The number of nitrogens with zero attached hydrogens (tertiary/aromatic N) is 3. The number of halogens is 1. The molecule has 0 radical (unpaired) electrons. The lowest BCUT2D eigenvalue weighted by Crippen LogP contribution is -2.11. The molecule has 0 aliphatic heterocycles. The number of nitrogens with one attached hydrogen (secondary N) is 1. The zero-order valence-electron chi connectivity index (χ0n) is 9.73. The summed E-state index contributed by atoms with van der Waals surface area (Å²) in [7, 11) is 0. The van der Waals surface area contributed by atoms with E-state index in [1.54, 1.807) is 0 Å². The van der Waals surface area contributed by atoms with Crippen LogP contribution in [0.2, 0.25) is 5.02 Å².